The number of hydrogen-bond donors (Lipinski definition) is 1. The van der Waals surface area contributed by atoms with Crippen LogP contribution >= 0.6 is 0 Å². The molecule has 0 radical (unpaired) electrons. The van der Waals surface area contributed by atoms with Crippen LogP contribution in [-0.2, 0) is 13.0 Å². The summed E-state index contributed by atoms with van der Waals surface area (Å²) in [5.41, 5.74) is 2.66. The van der Waals surface area contributed by atoms with E-state index in [1.165, 1.54) is 11.1 Å². The van der Waals surface area contributed by atoms with Crippen LogP contribution in [0.3, 0.4) is 0 Å². The van der Waals surface area contributed by atoms with Gasteiger partial charge in [0.25, 0.3) is 0 Å². The van der Waals surface area contributed by atoms with Gasteiger partial charge >= 0.3 is 6.03 Å². The molecule has 1 aliphatic rings. The summed E-state index contributed by atoms with van der Waals surface area (Å²) in [6, 6.07) is 8.38. The van der Waals surface area contributed by atoms with Gasteiger partial charge in [0, 0.05) is 20.1 Å². The van der Waals surface area contributed by atoms with Crippen LogP contribution in [0, 0.1) is 0 Å². The Hall–Kier alpha value is -1.51. The lowest BCUT2D eigenvalue weighted by molar-refractivity contribution is 0.198. The third-order valence-electron chi connectivity index (χ3n) is 2.85. The van der Waals surface area contributed by atoms with Crippen LogP contribution in [-0.4, -0.2) is 24.5 Å². The third-order valence-corrected chi connectivity index (χ3v) is 2.85. The Morgan fingerprint density at radius 3 is 2.80 bits per heavy atom. The van der Waals surface area contributed by atoms with Crippen molar-refractivity contribution >= 4 is 6.03 Å². The van der Waals surface area contributed by atoms with Gasteiger partial charge in [-0.05, 0) is 24.0 Å². The highest BCUT2D eigenvalue weighted by molar-refractivity contribution is 5.73. The van der Waals surface area contributed by atoms with Crippen molar-refractivity contribution in [3.05, 3.63) is 35.4 Å². The summed E-state index contributed by atoms with van der Waals surface area (Å²) in [6.07, 6.45) is 2.12. The van der Waals surface area contributed by atoms with E-state index >= 15 is 0 Å². The predicted molar refractivity (Wildman–Crippen MR) is 59.6 cm³/mol. The second-order valence-corrected chi connectivity index (χ2v) is 3.85. The Labute approximate surface area is 90.1 Å². The Bertz CT molecular complexity index is 362. The summed E-state index contributed by atoms with van der Waals surface area (Å²) in [4.78, 5) is 13.4. The molecule has 0 unspecified atom stereocenters. The standard InChI is InChI=1S/C12H16N2O/c1-13-12(15)14-8-4-7-10-5-2-3-6-11(10)9-14/h2-3,5-6H,4,7-9H2,1H3,(H,13,15). The van der Waals surface area contributed by atoms with Gasteiger partial charge in [0.15, 0.2) is 0 Å². The molecule has 2 amide bonds. The minimum absolute atomic E-state index is 0.0201. The van der Waals surface area contributed by atoms with Crippen LogP contribution < -0.4 is 5.32 Å². The Kier molecular flexibility index (Phi) is 2.90. The van der Waals surface area contributed by atoms with Crippen LogP contribution in [0.1, 0.15) is 17.5 Å². The highest BCUT2D eigenvalue weighted by atomic mass is 16.2. The number of carbonyl (C=O) groups is 1. The highest BCUT2D eigenvalue weighted by Crippen LogP contribution is 2.18. The second-order valence-electron chi connectivity index (χ2n) is 3.85. The van der Waals surface area contributed by atoms with Crippen molar-refractivity contribution in [2.75, 3.05) is 13.6 Å². The number of nitrogens with zero attached hydrogens (tertiary/aromatic N) is 1. The normalized spacial score (nSPS) is 15.4. The number of amides is 2. The minimum Gasteiger partial charge on any atom is -0.341 e. The molecular formula is C12H16N2O. The van der Waals surface area contributed by atoms with Crippen molar-refractivity contribution in [1.82, 2.24) is 10.2 Å². The van der Waals surface area contributed by atoms with E-state index in [2.05, 4.69) is 23.5 Å². The lowest BCUT2D eigenvalue weighted by Gasteiger charge is -2.19. The summed E-state index contributed by atoms with van der Waals surface area (Å²) in [6.45, 7) is 1.57. The van der Waals surface area contributed by atoms with Gasteiger partial charge in [-0.15, -0.1) is 0 Å². The van der Waals surface area contributed by atoms with Crippen molar-refractivity contribution in [1.29, 1.82) is 0 Å². The zero-order valence-electron chi connectivity index (χ0n) is 8.99. The third kappa shape index (κ3) is 2.12. The molecule has 0 bridgehead atoms. The Morgan fingerprint density at radius 1 is 1.33 bits per heavy atom. The van der Waals surface area contributed by atoms with E-state index < -0.39 is 0 Å². The lowest BCUT2D eigenvalue weighted by atomic mass is 10.0. The minimum atomic E-state index is 0.0201. The van der Waals surface area contributed by atoms with Crippen LogP contribution in [0.15, 0.2) is 24.3 Å². The quantitative estimate of drug-likeness (QED) is 0.686. The number of aryl methyl sites for hydroxylation is 1. The molecule has 80 valence electrons. The fourth-order valence-corrected chi connectivity index (χ4v) is 2.03. The van der Waals surface area contributed by atoms with Crippen molar-refractivity contribution in [3.63, 3.8) is 0 Å². The smallest absolute Gasteiger partial charge is 0.317 e. The van der Waals surface area contributed by atoms with Gasteiger partial charge < -0.3 is 10.2 Å². The number of hydrogen-bond acceptors (Lipinski definition) is 1. The fraction of sp³-hybridized carbons (Fsp3) is 0.417. The van der Waals surface area contributed by atoms with Gasteiger partial charge in [0.1, 0.15) is 0 Å². The average Bonchev–Trinajstić information content (AvgIpc) is 2.49. The number of fused-ring (bicyclic) bond motifs is 1. The van der Waals surface area contributed by atoms with Crippen molar-refractivity contribution in [2.45, 2.75) is 19.4 Å². The Balaban J connectivity index is 2.21. The lowest BCUT2D eigenvalue weighted by Crippen LogP contribution is -2.37. The van der Waals surface area contributed by atoms with E-state index in [4.69, 9.17) is 0 Å². The van der Waals surface area contributed by atoms with E-state index in [9.17, 15) is 4.79 Å². The molecule has 1 N–H and O–H groups in total. The van der Waals surface area contributed by atoms with Crippen molar-refractivity contribution in [3.8, 4) is 0 Å². The van der Waals surface area contributed by atoms with E-state index in [1.54, 1.807) is 7.05 Å². The van der Waals surface area contributed by atoms with Crippen LogP contribution in [0.5, 0.6) is 0 Å². The molecule has 3 nitrogen and oxygen atoms in total. The van der Waals surface area contributed by atoms with Crippen molar-refractivity contribution in [2.24, 2.45) is 0 Å². The first-order valence-electron chi connectivity index (χ1n) is 5.34. The molecule has 0 saturated heterocycles. The van der Waals surface area contributed by atoms with Gasteiger partial charge in [-0.3, -0.25) is 0 Å². The molecule has 3 heteroatoms. The summed E-state index contributed by atoms with van der Waals surface area (Å²) < 4.78 is 0. The molecule has 0 aromatic heterocycles. The van der Waals surface area contributed by atoms with Crippen LogP contribution in [0.2, 0.25) is 0 Å². The molecule has 0 aliphatic carbocycles. The monoisotopic (exact) mass is 204 g/mol. The summed E-state index contributed by atoms with van der Waals surface area (Å²) >= 11 is 0. The van der Waals surface area contributed by atoms with E-state index in [1.807, 2.05) is 11.0 Å². The maximum absolute atomic E-state index is 11.5. The first kappa shape index (κ1) is 10.0. The van der Waals surface area contributed by atoms with E-state index in [-0.39, 0.29) is 6.03 Å². The van der Waals surface area contributed by atoms with Gasteiger partial charge in [-0.2, -0.15) is 0 Å². The predicted octanol–water partition coefficient (Wildman–Crippen LogP) is 1.77. The summed E-state index contributed by atoms with van der Waals surface area (Å²) in [5.74, 6) is 0. The maximum Gasteiger partial charge on any atom is 0.317 e. The molecule has 1 heterocycles. The zero-order valence-corrected chi connectivity index (χ0v) is 8.99. The molecule has 0 atom stereocenters. The number of benzene rings is 1. The van der Waals surface area contributed by atoms with Gasteiger partial charge in [-0.1, -0.05) is 24.3 Å². The van der Waals surface area contributed by atoms with Crippen LogP contribution in [0.4, 0.5) is 4.79 Å². The molecular weight excluding hydrogens is 188 g/mol. The second kappa shape index (κ2) is 4.34. The van der Waals surface area contributed by atoms with Gasteiger partial charge in [0.05, 0.1) is 0 Å². The molecule has 0 spiro atoms. The van der Waals surface area contributed by atoms with E-state index in [0.717, 1.165) is 25.9 Å². The largest absolute Gasteiger partial charge is 0.341 e. The first-order chi connectivity index (χ1) is 7.31. The summed E-state index contributed by atoms with van der Waals surface area (Å²) in [7, 11) is 1.68. The van der Waals surface area contributed by atoms with Gasteiger partial charge in [0.2, 0.25) is 0 Å². The highest BCUT2D eigenvalue weighted by Gasteiger charge is 2.17. The molecule has 0 saturated carbocycles. The number of carbonyl (C=O) groups excluding carboxylic acids is 1. The zero-order chi connectivity index (χ0) is 10.7. The average molecular weight is 204 g/mol. The first-order valence-corrected chi connectivity index (χ1v) is 5.34. The van der Waals surface area contributed by atoms with E-state index in [0.29, 0.717) is 0 Å². The molecule has 1 aromatic rings. The summed E-state index contributed by atoms with van der Waals surface area (Å²) in [5, 5.41) is 2.68. The molecule has 15 heavy (non-hydrogen) atoms. The molecule has 1 aromatic carbocycles. The SMILES string of the molecule is CNC(=O)N1CCCc2ccccc2C1. The van der Waals surface area contributed by atoms with Crippen molar-refractivity contribution < 1.29 is 4.79 Å². The molecule has 1 aliphatic heterocycles. The maximum atomic E-state index is 11.5. The topological polar surface area (TPSA) is 32.3 Å². The fourth-order valence-electron chi connectivity index (χ4n) is 2.03. The number of urea groups is 1. The Morgan fingerprint density at radius 2 is 2.07 bits per heavy atom. The molecule has 0 fully saturated rings. The van der Waals surface area contributed by atoms with Crippen LogP contribution in [0.25, 0.3) is 0 Å². The van der Waals surface area contributed by atoms with Gasteiger partial charge in [-0.25, -0.2) is 4.79 Å². The number of rotatable bonds is 0. The molecule has 2 rings (SSSR count). The number of nitrogens with one attached hydrogen (secondary N) is 1.